The number of halogens is 4. The van der Waals surface area contributed by atoms with Crippen LogP contribution in [0.1, 0.15) is 5.56 Å². The van der Waals surface area contributed by atoms with Crippen molar-refractivity contribution in [3.05, 3.63) is 33.4 Å². The van der Waals surface area contributed by atoms with Crippen molar-refractivity contribution in [3.63, 3.8) is 0 Å². The van der Waals surface area contributed by atoms with Gasteiger partial charge in [0.2, 0.25) is 0 Å². The van der Waals surface area contributed by atoms with E-state index in [1.54, 1.807) is 0 Å². The molecule has 0 spiro atoms. The Bertz CT molecular complexity index is 237. The van der Waals surface area contributed by atoms with Crippen molar-refractivity contribution in [2.24, 2.45) is 0 Å². The lowest BCUT2D eigenvalue weighted by Crippen LogP contribution is -2.03. The normalized spacial score (nSPS) is 11.6. The van der Waals surface area contributed by atoms with Crippen LogP contribution in [0, 0.1) is 3.57 Å². The Labute approximate surface area is 75.6 Å². The second-order valence-electron chi connectivity index (χ2n) is 2.00. The summed E-state index contributed by atoms with van der Waals surface area (Å²) in [7, 11) is 0. The van der Waals surface area contributed by atoms with Crippen LogP contribution in [0.25, 0.3) is 0 Å². The number of hydrogen-bond donors (Lipinski definition) is 0. The molecule has 0 aliphatic rings. The largest absolute Gasteiger partial charge is 0.416 e. The molecule has 0 amide bonds. The highest BCUT2D eigenvalue weighted by molar-refractivity contribution is 14.1. The summed E-state index contributed by atoms with van der Waals surface area (Å²) in [5, 5.41) is 0. The van der Waals surface area contributed by atoms with Crippen LogP contribution in [0.3, 0.4) is 0 Å². The number of rotatable bonds is 0. The predicted molar refractivity (Wildman–Crippen MR) is 44.2 cm³/mol. The Morgan fingerprint density at radius 3 is 1.82 bits per heavy atom. The van der Waals surface area contributed by atoms with Gasteiger partial charge in [-0.25, -0.2) is 0 Å². The molecule has 0 fully saturated rings. The lowest BCUT2D eigenvalue weighted by Gasteiger charge is -2.04. The Hall–Kier alpha value is -0.260. The molecule has 11 heavy (non-hydrogen) atoms. The van der Waals surface area contributed by atoms with Gasteiger partial charge in [-0.05, 0) is 46.9 Å². The standard InChI is InChI=1S/C7H4F3I/c8-7(9,10)5-1-3-6(11)4-2-5/h1-4H/i11+4. The summed E-state index contributed by atoms with van der Waals surface area (Å²) in [4.78, 5) is 0. The molecule has 0 saturated heterocycles. The minimum Gasteiger partial charge on any atom is -0.166 e. The van der Waals surface area contributed by atoms with E-state index in [0.717, 1.165) is 15.7 Å². The van der Waals surface area contributed by atoms with Gasteiger partial charge >= 0.3 is 6.18 Å². The van der Waals surface area contributed by atoms with E-state index >= 15 is 0 Å². The summed E-state index contributed by atoms with van der Waals surface area (Å²) in [5.41, 5.74) is -0.599. The van der Waals surface area contributed by atoms with Crippen molar-refractivity contribution in [2.75, 3.05) is 0 Å². The molecule has 0 saturated carbocycles. The van der Waals surface area contributed by atoms with Gasteiger partial charge in [0.15, 0.2) is 0 Å². The van der Waals surface area contributed by atoms with Crippen molar-refractivity contribution in [2.45, 2.75) is 6.18 Å². The maximum atomic E-state index is 11.9. The fourth-order valence-corrected chi connectivity index (χ4v) is 0.998. The Morgan fingerprint density at radius 2 is 1.45 bits per heavy atom. The Morgan fingerprint density at radius 1 is 1.00 bits per heavy atom. The van der Waals surface area contributed by atoms with Crippen molar-refractivity contribution in [1.82, 2.24) is 0 Å². The van der Waals surface area contributed by atoms with Crippen LogP contribution in [-0.2, 0) is 6.18 Å². The van der Waals surface area contributed by atoms with Crippen LogP contribution in [0.4, 0.5) is 13.2 Å². The third-order valence-corrected chi connectivity index (χ3v) is 1.89. The predicted octanol–water partition coefficient (Wildman–Crippen LogP) is 3.31. The van der Waals surface area contributed by atoms with Gasteiger partial charge in [0, 0.05) is 3.57 Å². The van der Waals surface area contributed by atoms with E-state index < -0.39 is 11.7 Å². The van der Waals surface area contributed by atoms with Gasteiger partial charge in [-0.15, -0.1) is 0 Å². The topological polar surface area (TPSA) is 0 Å². The zero-order chi connectivity index (χ0) is 8.48. The first-order valence-electron chi connectivity index (χ1n) is 2.83. The van der Waals surface area contributed by atoms with Crippen molar-refractivity contribution >= 4 is 22.6 Å². The van der Waals surface area contributed by atoms with Gasteiger partial charge in [-0.2, -0.15) is 13.2 Å². The summed E-state index contributed by atoms with van der Waals surface area (Å²) < 4.78 is 36.6. The molecular weight excluding hydrogens is 272 g/mol. The molecule has 1 aromatic carbocycles. The summed E-state index contributed by atoms with van der Waals surface area (Å²) in [5.74, 6) is 0. The second kappa shape index (κ2) is 3.00. The zero-order valence-electron chi connectivity index (χ0n) is 5.32. The van der Waals surface area contributed by atoms with Crippen LogP contribution < -0.4 is 0 Å². The summed E-state index contributed by atoms with van der Waals surface area (Å²) in [6.07, 6.45) is -4.22. The third-order valence-electron chi connectivity index (χ3n) is 1.17. The Kier molecular flexibility index (Phi) is 2.41. The minimum atomic E-state index is -4.22. The van der Waals surface area contributed by atoms with Gasteiger partial charge in [0.05, 0.1) is 5.56 Å². The average molecular weight is 276 g/mol. The molecule has 60 valence electrons. The fraction of sp³-hybridized carbons (Fsp3) is 0.143. The summed E-state index contributed by atoms with van der Waals surface area (Å²) in [6.45, 7) is 0. The number of benzene rings is 1. The highest BCUT2D eigenvalue weighted by Crippen LogP contribution is 2.29. The SMILES string of the molecule is FC(F)(F)c1ccc([131I])cc1. The molecule has 4 heteroatoms. The van der Waals surface area contributed by atoms with E-state index in [-0.39, 0.29) is 0 Å². The lowest BCUT2D eigenvalue weighted by atomic mass is 10.2. The number of alkyl halides is 3. The Balaban J connectivity index is 2.99. The molecule has 1 aromatic rings. The lowest BCUT2D eigenvalue weighted by molar-refractivity contribution is -0.137. The summed E-state index contributed by atoms with van der Waals surface area (Å²) in [6, 6.07) is 5.01. The molecule has 0 aliphatic carbocycles. The third kappa shape index (κ3) is 2.36. The summed E-state index contributed by atoms with van der Waals surface area (Å²) >= 11 is 1.96. The van der Waals surface area contributed by atoms with Crippen LogP contribution in [0.5, 0.6) is 0 Å². The van der Waals surface area contributed by atoms with E-state index in [1.807, 2.05) is 22.6 Å². The van der Waals surface area contributed by atoms with E-state index in [1.165, 1.54) is 12.1 Å². The first kappa shape index (κ1) is 8.83. The van der Waals surface area contributed by atoms with E-state index in [9.17, 15) is 13.2 Å². The molecule has 0 heterocycles. The van der Waals surface area contributed by atoms with Gasteiger partial charge in [0.25, 0.3) is 0 Å². The van der Waals surface area contributed by atoms with Crippen LogP contribution in [0.15, 0.2) is 24.3 Å². The smallest absolute Gasteiger partial charge is 0.166 e. The quantitative estimate of drug-likeness (QED) is 0.638. The number of hydrogen-bond acceptors (Lipinski definition) is 0. The molecule has 0 aliphatic heterocycles. The van der Waals surface area contributed by atoms with Crippen molar-refractivity contribution in [3.8, 4) is 0 Å². The highest BCUT2D eigenvalue weighted by atomic mass is 131. The van der Waals surface area contributed by atoms with Crippen molar-refractivity contribution < 1.29 is 13.2 Å². The molecule has 0 bridgehead atoms. The molecule has 0 N–H and O–H groups in total. The highest BCUT2D eigenvalue weighted by Gasteiger charge is 2.29. The van der Waals surface area contributed by atoms with E-state index in [4.69, 9.17) is 0 Å². The second-order valence-corrected chi connectivity index (χ2v) is 3.25. The monoisotopic (exact) mass is 276 g/mol. The molecule has 0 aromatic heterocycles. The molecule has 0 nitrogen and oxygen atoms in total. The van der Waals surface area contributed by atoms with Crippen LogP contribution >= 0.6 is 22.6 Å². The van der Waals surface area contributed by atoms with Gasteiger partial charge in [-0.3, -0.25) is 0 Å². The van der Waals surface area contributed by atoms with Gasteiger partial charge < -0.3 is 0 Å². The van der Waals surface area contributed by atoms with Crippen LogP contribution in [-0.4, -0.2) is 0 Å². The maximum absolute atomic E-state index is 11.9. The molecule has 1 rings (SSSR count). The average Bonchev–Trinajstić information content (AvgIpc) is 1.86. The maximum Gasteiger partial charge on any atom is 0.416 e. The first-order valence-corrected chi connectivity index (χ1v) is 3.91. The first-order chi connectivity index (χ1) is 5.00. The van der Waals surface area contributed by atoms with Crippen molar-refractivity contribution in [1.29, 1.82) is 0 Å². The molecule has 0 unspecified atom stereocenters. The van der Waals surface area contributed by atoms with Gasteiger partial charge in [0.1, 0.15) is 0 Å². The van der Waals surface area contributed by atoms with Gasteiger partial charge in [-0.1, -0.05) is 0 Å². The molecule has 0 radical (unpaired) electrons. The minimum absolute atomic E-state index is 0.599. The molecule has 0 atom stereocenters. The zero-order valence-corrected chi connectivity index (χ0v) is 7.48. The van der Waals surface area contributed by atoms with E-state index in [0.29, 0.717) is 0 Å². The van der Waals surface area contributed by atoms with Crippen LogP contribution in [0.2, 0.25) is 0 Å². The van der Waals surface area contributed by atoms with E-state index in [2.05, 4.69) is 0 Å². The molecular formula is C7H4F3I. The fourth-order valence-electron chi connectivity index (χ4n) is 0.639.